The number of aromatic nitrogens is 3. The van der Waals surface area contributed by atoms with E-state index in [2.05, 4.69) is 9.55 Å². The third-order valence-corrected chi connectivity index (χ3v) is 5.41. The van der Waals surface area contributed by atoms with Crippen molar-refractivity contribution in [3.8, 4) is 22.9 Å². The maximum absolute atomic E-state index is 6.02. The van der Waals surface area contributed by atoms with Crippen molar-refractivity contribution in [2.45, 2.75) is 25.8 Å². The zero-order valence-corrected chi connectivity index (χ0v) is 15.4. The van der Waals surface area contributed by atoms with E-state index in [0.29, 0.717) is 18.1 Å². The van der Waals surface area contributed by atoms with Crippen LogP contribution in [0, 0.1) is 5.92 Å². The lowest BCUT2D eigenvalue weighted by Crippen LogP contribution is -2.01. The quantitative estimate of drug-likeness (QED) is 0.579. The van der Waals surface area contributed by atoms with Crippen LogP contribution in [-0.2, 0) is 6.54 Å². The number of anilines is 1. The summed E-state index contributed by atoms with van der Waals surface area (Å²) in [4.78, 5) is 9.18. The molecule has 0 spiro atoms. The highest BCUT2D eigenvalue weighted by molar-refractivity contribution is 5.89. The molecular formula is C21H20N4O3. The van der Waals surface area contributed by atoms with Crippen molar-refractivity contribution in [2.24, 2.45) is 5.92 Å². The summed E-state index contributed by atoms with van der Waals surface area (Å²) in [7, 11) is 0. The Morgan fingerprint density at radius 2 is 2.07 bits per heavy atom. The number of oxazole rings is 1. The second-order valence-electron chi connectivity index (χ2n) is 7.57. The first kappa shape index (κ1) is 15.8. The molecule has 2 aromatic carbocycles. The van der Waals surface area contributed by atoms with Gasteiger partial charge in [-0.25, -0.2) is 4.98 Å². The molecule has 0 saturated heterocycles. The minimum atomic E-state index is 0.173. The number of nitrogens with two attached hydrogens (primary N) is 1. The molecule has 7 heteroatoms. The first-order chi connectivity index (χ1) is 13.7. The molecule has 1 saturated carbocycles. The van der Waals surface area contributed by atoms with Gasteiger partial charge in [-0.05, 0) is 43.4 Å². The van der Waals surface area contributed by atoms with E-state index in [-0.39, 0.29) is 6.01 Å². The van der Waals surface area contributed by atoms with Crippen molar-refractivity contribution in [1.29, 1.82) is 0 Å². The average Bonchev–Trinajstić information content (AvgIpc) is 3.39. The number of imidazole rings is 1. The fourth-order valence-corrected chi connectivity index (χ4v) is 3.82. The van der Waals surface area contributed by atoms with Gasteiger partial charge in [0.2, 0.25) is 0 Å². The number of ether oxygens (including phenoxy) is 2. The topological polar surface area (TPSA) is 88.3 Å². The zero-order valence-electron chi connectivity index (χ0n) is 15.4. The van der Waals surface area contributed by atoms with Gasteiger partial charge in [0.25, 0.3) is 6.01 Å². The maximum Gasteiger partial charge on any atom is 0.292 e. The van der Waals surface area contributed by atoms with E-state index in [1.807, 2.05) is 30.3 Å². The molecule has 1 fully saturated rings. The number of rotatable bonds is 4. The number of nitrogen functional groups attached to an aromatic ring is 1. The Bertz CT molecular complexity index is 1210. The Hall–Kier alpha value is -3.22. The van der Waals surface area contributed by atoms with Crippen LogP contribution in [0.1, 0.15) is 19.3 Å². The van der Waals surface area contributed by atoms with Gasteiger partial charge in [-0.3, -0.25) is 0 Å². The van der Waals surface area contributed by atoms with E-state index in [9.17, 15) is 0 Å². The molecule has 3 heterocycles. The fraction of sp³-hybridized carbons (Fsp3) is 0.333. The summed E-state index contributed by atoms with van der Waals surface area (Å²) in [5.74, 6) is 3.26. The highest BCUT2D eigenvalue weighted by atomic mass is 16.5. The predicted molar refractivity (Wildman–Crippen MR) is 105 cm³/mol. The second kappa shape index (κ2) is 5.89. The second-order valence-corrected chi connectivity index (χ2v) is 7.57. The van der Waals surface area contributed by atoms with Crippen LogP contribution < -0.4 is 15.2 Å². The Morgan fingerprint density at radius 1 is 1.14 bits per heavy atom. The van der Waals surface area contributed by atoms with Gasteiger partial charge in [0, 0.05) is 24.2 Å². The molecule has 142 valence electrons. The van der Waals surface area contributed by atoms with Gasteiger partial charge in [-0.15, -0.1) is 0 Å². The monoisotopic (exact) mass is 376 g/mol. The normalized spacial score (nSPS) is 16.3. The van der Waals surface area contributed by atoms with Crippen molar-refractivity contribution in [3.63, 3.8) is 0 Å². The highest BCUT2D eigenvalue weighted by Crippen LogP contribution is 2.38. The molecule has 7 nitrogen and oxygen atoms in total. The van der Waals surface area contributed by atoms with Gasteiger partial charge in [-0.1, -0.05) is 0 Å². The molecule has 0 radical (unpaired) electrons. The van der Waals surface area contributed by atoms with Gasteiger partial charge in [-0.2, -0.15) is 4.98 Å². The lowest BCUT2D eigenvalue weighted by atomic mass is 10.2. The lowest BCUT2D eigenvalue weighted by molar-refractivity contribution is 0.292. The molecule has 28 heavy (non-hydrogen) atoms. The summed E-state index contributed by atoms with van der Waals surface area (Å²) in [5, 5.41) is 0. The van der Waals surface area contributed by atoms with Crippen LogP contribution >= 0.6 is 0 Å². The zero-order chi connectivity index (χ0) is 18.7. The Kier molecular flexibility index (Phi) is 3.32. The standard InChI is InChI=1S/C21H20N4O3/c22-21-24-15-8-13(4-5-17(15)28-21)20-23-16-9-14(27-11-12-2-3-12)10-18-19(16)25(20)6-1-7-26-18/h4-5,8-10,12H,1-3,6-7,11H2,(H2,22,24). The van der Waals surface area contributed by atoms with Gasteiger partial charge in [0.05, 0.1) is 18.7 Å². The molecule has 4 aromatic rings. The number of nitrogens with zero attached hydrogens (tertiary/aromatic N) is 3. The summed E-state index contributed by atoms with van der Waals surface area (Å²) in [6, 6.07) is 10.0. The summed E-state index contributed by atoms with van der Waals surface area (Å²) in [6.45, 7) is 2.30. The van der Waals surface area contributed by atoms with E-state index in [1.54, 1.807) is 0 Å². The molecule has 2 aliphatic rings. The lowest BCUT2D eigenvalue weighted by Gasteiger charge is -2.09. The van der Waals surface area contributed by atoms with Crippen LogP contribution in [0.25, 0.3) is 33.5 Å². The number of benzene rings is 2. The first-order valence-corrected chi connectivity index (χ1v) is 9.71. The molecule has 6 rings (SSSR count). The fourth-order valence-electron chi connectivity index (χ4n) is 3.82. The van der Waals surface area contributed by atoms with E-state index in [0.717, 1.165) is 59.0 Å². The molecule has 0 unspecified atom stereocenters. The molecule has 2 N–H and O–H groups in total. The van der Waals surface area contributed by atoms with Crippen molar-refractivity contribution in [3.05, 3.63) is 30.3 Å². The highest BCUT2D eigenvalue weighted by Gasteiger charge is 2.24. The number of hydrogen-bond donors (Lipinski definition) is 1. The van der Waals surface area contributed by atoms with E-state index >= 15 is 0 Å². The van der Waals surface area contributed by atoms with Crippen LogP contribution in [-0.4, -0.2) is 27.7 Å². The Labute approximate surface area is 161 Å². The molecular weight excluding hydrogens is 356 g/mol. The third kappa shape index (κ3) is 2.58. The van der Waals surface area contributed by atoms with Gasteiger partial charge >= 0.3 is 0 Å². The minimum Gasteiger partial charge on any atom is -0.493 e. The average molecular weight is 376 g/mol. The number of fused-ring (bicyclic) bond motifs is 1. The smallest absolute Gasteiger partial charge is 0.292 e. The number of aryl methyl sites for hydroxylation is 1. The maximum atomic E-state index is 6.02. The Balaban J connectivity index is 1.50. The van der Waals surface area contributed by atoms with Crippen molar-refractivity contribution in [1.82, 2.24) is 14.5 Å². The van der Waals surface area contributed by atoms with Gasteiger partial charge in [0.15, 0.2) is 5.58 Å². The van der Waals surface area contributed by atoms with Gasteiger partial charge in [0.1, 0.15) is 28.4 Å². The van der Waals surface area contributed by atoms with Crippen molar-refractivity contribution < 1.29 is 13.9 Å². The molecule has 0 atom stereocenters. The van der Waals surface area contributed by atoms with Crippen LogP contribution in [0.3, 0.4) is 0 Å². The summed E-state index contributed by atoms with van der Waals surface area (Å²) >= 11 is 0. The van der Waals surface area contributed by atoms with Crippen LogP contribution in [0.2, 0.25) is 0 Å². The SMILES string of the molecule is Nc1nc2cc(-c3nc4cc(OCC5CC5)cc5c4n3CCCO5)ccc2o1. The van der Waals surface area contributed by atoms with Crippen LogP contribution in [0.15, 0.2) is 34.7 Å². The predicted octanol–water partition coefficient (Wildman–Crippen LogP) is 4.00. The summed E-state index contributed by atoms with van der Waals surface area (Å²) < 4.78 is 19.6. The molecule has 1 aliphatic heterocycles. The molecule has 1 aliphatic carbocycles. The van der Waals surface area contributed by atoms with Crippen molar-refractivity contribution in [2.75, 3.05) is 18.9 Å². The summed E-state index contributed by atoms with van der Waals surface area (Å²) in [6.07, 6.45) is 3.45. The Morgan fingerprint density at radius 3 is 2.96 bits per heavy atom. The van der Waals surface area contributed by atoms with E-state index in [1.165, 1.54) is 12.8 Å². The van der Waals surface area contributed by atoms with Crippen LogP contribution in [0.4, 0.5) is 6.01 Å². The first-order valence-electron chi connectivity index (χ1n) is 9.71. The molecule has 0 bridgehead atoms. The molecule has 0 amide bonds. The molecule has 2 aromatic heterocycles. The third-order valence-electron chi connectivity index (χ3n) is 5.41. The van der Waals surface area contributed by atoms with Crippen molar-refractivity contribution >= 4 is 28.1 Å². The summed E-state index contributed by atoms with van der Waals surface area (Å²) in [5.41, 5.74) is 9.98. The van der Waals surface area contributed by atoms with E-state index < -0.39 is 0 Å². The van der Waals surface area contributed by atoms with E-state index in [4.69, 9.17) is 24.6 Å². The number of hydrogen-bond acceptors (Lipinski definition) is 6. The largest absolute Gasteiger partial charge is 0.493 e. The minimum absolute atomic E-state index is 0.173. The van der Waals surface area contributed by atoms with Gasteiger partial charge < -0.3 is 24.2 Å². The van der Waals surface area contributed by atoms with Crippen LogP contribution in [0.5, 0.6) is 11.5 Å².